The monoisotopic (exact) mass is 265 g/mol. The van der Waals surface area contributed by atoms with E-state index >= 15 is 0 Å². The van der Waals surface area contributed by atoms with E-state index in [0.29, 0.717) is 6.04 Å². The maximum Gasteiger partial charge on any atom is 0.123 e. The molecular formula is C15H24FN3. The highest BCUT2D eigenvalue weighted by atomic mass is 19.1. The topological polar surface area (TPSA) is 32.5 Å². The van der Waals surface area contributed by atoms with E-state index < -0.39 is 0 Å². The molecule has 106 valence electrons. The minimum Gasteiger partial charge on any atom is -0.329 e. The first-order chi connectivity index (χ1) is 9.22. The van der Waals surface area contributed by atoms with E-state index in [1.165, 1.54) is 6.07 Å². The van der Waals surface area contributed by atoms with Gasteiger partial charge in [0, 0.05) is 45.3 Å². The molecule has 19 heavy (non-hydrogen) atoms. The van der Waals surface area contributed by atoms with Crippen LogP contribution in [-0.4, -0.2) is 48.6 Å². The minimum atomic E-state index is -0.148. The lowest BCUT2D eigenvalue weighted by atomic mass is 10.1. The lowest BCUT2D eigenvalue weighted by Gasteiger charge is -2.38. The van der Waals surface area contributed by atoms with Gasteiger partial charge in [-0.3, -0.25) is 9.80 Å². The van der Waals surface area contributed by atoms with E-state index in [0.717, 1.165) is 51.3 Å². The van der Waals surface area contributed by atoms with Crippen LogP contribution in [0.5, 0.6) is 0 Å². The molecule has 1 fully saturated rings. The summed E-state index contributed by atoms with van der Waals surface area (Å²) < 4.78 is 13.1. The predicted molar refractivity (Wildman–Crippen MR) is 76.4 cm³/mol. The highest BCUT2D eigenvalue weighted by Crippen LogP contribution is 2.12. The summed E-state index contributed by atoms with van der Waals surface area (Å²) in [4.78, 5) is 4.86. The van der Waals surface area contributed by atoms with Crippen molar-refractivity contribution in [2.45, 2.75) is 25.9 Å². The molecule has 1 saturated heterocycles. The molecule has 1 unspecified atom stereocenters. The van der Waals surface area contributed by atoms with Crippen LogP contribution in [0.4, 0.5) is 4.39 Å². The summed E-state index contributed by atoms with van der Waals surface area (Å²) in [5.41, 5.74) is 6.85. The third-order valence-corrected chi connectivity index (χ3v) is 3.96. The standard InChI is InChI=1S/C15H24FN3/c1-2-15(11-17)19-8-6-18(7-9-19)12-13-4-3-5-14(16)10-13/h3-5,10,15H,2,6-9,11-12,17H2,1H3. The van der Waals surface area contributed by atoms with Gasteiger partial charge in [-0.2, -0.15) is 0 Å². The quantitative estimate of drug-likeness (QED) is 0.879. The maximum absolute atomic E-state index is 13.1. The molecule has 0 saturated carbocycles. The molecule has 1 heterocycles. The zero-order valence-corrected chi connectivity index (χ0v) is 11.7. The molecule has 3 nitrogen and oxygen atoms in total. The first-order valence-electron chi connectivity index (χ1n) is 7.14. The summed E-state index contributed by atoms with van der Waals surface area (Å²) in [6.07, 6.45) is 1.11. The minimum absolute atomic E-state index is 0.148. The van der Waals surface area contributed by atoms with Crippen LogP contribution in [0, 0.1) is 5.82 Å². The van der Waals surface area contributed by atoms with Crippen molar-refractivity contribution < 1.29 is 4.39 Å². The average Bonchev–Trinajstić information content (AvgIpc) is 2.42. The molecule has 0 spiro atoms. The SMILES string of the molecule is CCC(CN)N1CCN(Cc2cccc(F)c2)CC1. The number of nitrogens with zero attached hydrogens (tertiary/aromatic N) is 2. The molecule has 4 heteroatoms. The van der Waals surface area contributed by atoms with E-state index in [4.69, 9.17) is 5.73 Å². The molecule has 1 aromatic rings. The van der Waals surface area contributed by atoms with Crippen molar-refractivity contribution in [3.05, 3.63) is 35.6 Å². The van der Waals surface area contributed by atoms with Gasteiger partial charge >= 0.3 is 0 Å². The average molecular weight is 265 g/mol. The van der Waals surface area contributed by atoms with Gasteiger partial charge in [0.15, 0.2) is 0 Å². The Labute approximate surface area is 115 Å². The molecule has 2 N–H and O–H groups in total. The Hall–Kier alpha value is -0.970. The van der Waals surface area contributed by atoms with Crippen molar-refractivity contribution >= 4 is 0 Å². The Kier molecular flexibility index (Phi) is 5.31. The second-order valence-corrected chi connectivity index (χ2v) is 5.24. The van der Waals surface area contributed by atoms with Gasteiger partial charge in [-0.1, -0.05) is 19.1 Å². The zero-order valence-electron chi connectivity index (χ0n) is 11.7. The first kappa shape index (κ1) is 14.4. The van der Waals surface area contributed by atoms with E-state index in [1.807, 2.05) is 6.07 Å². The number of hydrogen-bond acceptors (Lipinski definition) is 3. The fraction of sp³-hybridized carbons (Fsp3) is 0.600. The third-order valence-electron chi connectivity index (χ3n) is 3.96. The molecule has 1 atom stereocenters. The summed E-state index contributed by atoms with van der Waals surface area (Å²) in [6, 6.07) is 7.40. The molecule has 0 aliphatic carbocycles. The number of nitrogens with two attached hydrogens (primary N) is 1. The summed E-state index contributed by atoms with van der Waals surface area (Å²) in [7, 11) is 0. The summed E-state index contributed by atoms with van der Waals surface area (Å²) in [6.45, 7) is 7.96. The van der Waals surface area contributed by atoms with Gasteiger partial charge in [0.1, 0.15) is 5.82 Å². The fourth-order valence-electron chi connectivity index (χ4n) is 2.75. The van der Waals surface area contributed by atoms with Crippen LogP contribution < -0.4 is 5.73 Å². The number of benzene rings is 1. The van der Waals surface area contributed by atoms with Crippen molar-refractivity contribution in [3.63, 3.8) is 0 Å². The van der Waals surface area contributed by atoms with Gasteiger partial charge in [0.05, 0.1) is 0 Å². The molecule has 0 bridgehead atoms. The number of piperazine rings is 1. The second kappa shape index (κ2) is 6.98. The Bertz CT molecular complexity index is 385. The van der Waals surface area contributed by atoms with Crippen molar-refractivity contribution in [2.75, 3.05) is 32.7 Å². The summed E-state index contributed by atoms with van der Waals surface area (Å²) >= 11 is 0. The second-order valence-electron chi connectivity index (χ2n) is 5.24. The van der Waals surface area contributed by atoms with Gasteiger partial charge in [0.2, 0.25) is 0 Å². The van der Waals surface area contributed by atoms with E-state index in [9.17, 15) is 4.39 Å². The lowest BCUT2D eigenvalue weighted by molar-refractivity contribution is 0.0926. The van der Waals surface area contributed by atoms with Crippen molar-refractivity contribution in [1.82, 2.24) is 9.80 Å². The summed E-state index contributed by atoms with van der Waals surface area (Å²) in [5, 5.41) is 0. The third kappa shape index (κ3) is 4.00. The highest BCUT2D eigenvalue weighted by Gasteiger charge is 2.21. The van der Waals surface area contributed by atoms with Crippen LogP contribution in [0.15, 0.2) is 24.3 Å². The van der Waals surface area contributed by atoms with Gasteiger partial charge in [-0.25, -0.2) is 4.39 Å². The van der Waals surface area contributed by atoms with E-state index in [1.54, 1.807) is 12.1 Å². The number of halogens is 1. The summed E-state index contributed by atoms with van der Waals surface area (Å²) in [5.74, 6) is -0.148. The Morgan fingerprint density at radius 1 is 1.26 bits per heavy atom. The van der Waals surface area contributed by atoms with Gasteiger partial charge in [-0.05, 0) is 24.1 Å². The van der Waals surface area contributed by atoms with E-state index in [2.05, 4.69) is 16.7 Å². The van der Waals surface area contributed by atoms with Gasteiger partial charge in [-0.15, -0.1) is 0 Å². The van der Waals surface area contributed by atoms with Gasteiger partial charge < -0.3 is 5.73 Å². The maximum atomic E-state index is 13.1. The lowest BCUT2D eigenvalue weighted by Crippen LogP contribution is -2.51. The smallest absolute Gasteiger partial charge is 0.123 e. The molecular weight excluding hydrogens is 241 g/mol. The van der Waals surface area contributed by atoms with Gasteiger partial charge in [0.25, 0.3) is 0 Å². The molecule has 2 rings (SSSR count). The largest absolute Gasteiger partial charge is 0.329 e. The zero-order chi connectivity index (χ0) is 13.7. The Morgan fingerprint density at radius 3 is 2.58 bits per heavy atom. The van der Waals surface area contributed by atoms with Crippen LogP contribution in [0.3, 0.4) is 0 Å². The predicted octanol–water partition coefficient (Wildman–Crippen LogP) is 1.68. The highest BCUT2D eigenvalue weighted by molar-refractivity contribution is 5.16. The molecule has 1 aliphatic rings. The molecule has 0 radical (unpaired) electrons. The molecule has 1 aliphatic heterocycles. The Balaban J connectivity index is 1.83. The van der Waals surface area contributed by atoms with Crippen molar-refractivity contribution in [1.29, 1.82) is 0 Å². The van der Waals surface area contributed by atoms with Crippen LogP contribution in [0.1, 0.15) is 18.9 Å². The van der Waals surface area contributed by atoms with Crippen molar-refractivity contribution in [3.8, 4) is 0 Å². The van der Waals surface area contributed by atoms with Crippen LogP contribution in [0.2, 0.25) is 0 Å². The molecule has 0 amide bonds. The fourth-order valence-corrected chi connectivity index (χ4v) is 2.75. The molecule has 0 aromatic heterocycles. The normalized spacial score (nSPS) is 19.5. The first-order valence-corrected chi connectivity index (χ1v) is 7.14. The Morgan fingerprint density at radius 2 is 2.00 bits per heavy atom. The van der Waals surface area contributed by atoms with Crippen molar-refractivity contribution in [2.24, 2.45) is 5.73 Å². The number of hydrogen-bond donors (Lipinski definition) is 1. The van der Waals surface area contributed by atoms with Crippen LogP contribution in [0.25, 0.3) is 0 Å². The molecule has 1 aromatic carbocycles. The van der Waals surface area contributed by atoms with E-state index in [-0.39, 0.29) is 5.82 Å². The number of rotatable bonds is 5. The van der Waals surface area contributed by atoms with Crippen LogP contribution >= 0.6 is 0 Å². The van der Waals surface area contributed by atoms with Crippen LogP contribution in [-0.2, 0) is 6.54 Å².